The number of Topliss-reactive ketones (excluding diaryl/α,β-unsaturated/α-hetero) is 2. The molecule has 0 amide bonds. The molecule has 23 heavy (non-hydrogen) atoms. The van der Waals surface area contributed by atoms with E-state index in [1.54, 1.807) is 0 Å². The van der Waals surface area contributed by atoms with Crippen LogP contribution in [0.1, 0.15) is 17.7 Å². The van der Waals surface area contributed by atoms with E-state index < -0.39 is 0 Å². The van der Waals surface area contributed by atoms with E-state index in [-0.39, 0.29) is 45.9 Å². The van der Waals surface area contributed by atoms with Crippen LogP contribution in [0.25, 0.3) is 0 Å². The molecule has 1 saturated carbocycles. The summed E-state index contributed by atoms with van der Waals surface area (Å²) in [5.41, 5.74) is 1.89. The molecule has 1 heterocycles. The fourth-order valence-electron chi connectivity index (χ4n) is 4.13. The zero-order chi connectivity index (χ0) is 16.3. The van der Waals surface area contributed by atoms with Gasteiger partial charge in [0.2, 0.25) is 5.78 Å². The van der Waals surface area contributed by atoms with Crippen LogP contribution in [-0.2, 0) is 9.59 Å². The highest BCUT2D eigenvalue weighted by Gasteiger charge is 2.55. The molecule has 2 bridgehead atoms. The number of allylic oxidation sites excluding steroid dienone is 4. The van der Waals surface area contributed by atoms with Crippen LogP contribution in [0.3, 0.4) is 0 Å². The maximum Gasteiger partial charge on any atom is 0.202 e. The van der Waals surface area contributed by atoms with Gasteiger partial charge in [0.1, 0.15) is 9.93 Å². The van der Waals surface area contributed by atoms with Gasteiger partial charge in [0.05, 0.1) is 0 Å². The van der Waals surface area contributed by atoms with Gasteiger partial charge in [0.15, 0.2) is 11.5 Å². The third kappa shape index (κ3) is 2.17. The van der Waals surface area contributed by atoms with E-state index in [1.807, 2.05) is 32.1 Å². The summed E-state index contributed by atoms with van der Waals surface area (Å²) in [5, 5.41) is 11.0. The number of pyridine rings is 1. The SMILES string of the molecule is Cc1cc(C)nc(SC2=C(O)C(=O)[C@H]3[C@@H](C2=O)[C@H]2C=C[C@H]3C2)c1. The minimum atomic E-state index is -0.372. The molecular weight excluding hydrogens is 310 g/mol. The van der Waals surface area contributed by atoms with Gasteiger partial charge in [0.25, 0.3) is 0 Å². The quantitative estimate of drug-likeness (QED) is 0.845. The molecule has 118 valence electrons. The molecule has 0 spiro atoms. The van der Waals surface area contributed by atoms with Gasteiger partial charge in [-0.3, -0.25) is 9.59 Å². The van der Waals surface area contributed by atoms with Gasteiger partial charge < -0.3 is 5.11 Å². The van der Waals surface area contributed by atoms with E-state index in [1.165, 1.54) is 0 Å². The van der Waals surface area contributed by atoms with Crippen LogP contribution in [0.4, 0.5) is 0 Å². The van der Waals surface area contributed by atoms with Crippen molar-refractivity contribution in [3.8, 4) is 0 Å². The average Bonchev–Trinajstić information content (AvgIpc) is 3.09. The Morgan fingerprint density at radius 3 is 2.39 bits per heavy atom. The monoisotopic (exact) mass is 327 g/mol. The second kappa shape index (κ2) is 5.06. The van der Waals surface area contributed by atoms with Gasteiger partial charge >= 0.3 is 0 Å². The van der Waals surface area contributed by atoms with Crippen LogP contribution in [0, 0.1) is 37.5 Å². The highest BCUT2D eigenvalue weighted by molar-refractivity contribution is 8.04. The number of fused-ring (bicyclic) bond motifs is 5. The summed E-state index contributed by atoms with van der Waals surface area (Å²) in [6.45, 7) is 3.84. The maximum absolute atomic E-state index is 12.9. The molecule has 4 atom stereocenters. The first-order valence-corrected chi connectivity index (χ1v) is 8.60. The second-order valence-electron chi connectivity index (χ2n) is 6.63. The van der Waals surface area contributed by atoms with Crippen molar-refractivity contribution in [3.63, 3.8) is 0 Å². The number of aliphatic hydroxyl groups is 1. The molecular formula is C18H17NO3S. The van der Waals surface area contributed by atoms with E-state index >= 15 is 0 Å². The Kier molecular flexibility index (Phi) is 3.23. The lowest BCUT2D eigenvalue weighted by Gasteiger charge is -2.30. The number of aryl methyl sites for hydroxylation is 2. The van der Waals surface area contributed by atoms with E-state index in [0.29, 0.717) is 5.03 Å². The number of carbonyl (C=O) groups is 2. The smallest absolute Gasteiger partial charge is 0.202 e. The number of ketones is 2. The minimum absolute atomic E-state index is 0.102. The molecule has 1 fully saturated rings. The first-order chi connectivity index (χ1) is 11.0. The average molecular weight is 327 g/mol. The summed E-state index contributed by atoms with van der Waals surface area (Å²) in [5.74, 6) is -1.18. The fourth-order valence-corrected chi connectivity index (χ4v) is 5.21. The second-order valence-corrected chi connectivity index (χ2v) is 7.66. The summed E-state index contributed by atoms with van der Waals surface area (Å²) >= 11 is 1.11. The normalized spacial score (nSPS) is 31.9. The number of nitrogens with zero attached hydrogens (tertiary/aromatic N) is 1. The largest absolute Gasteiger partial charge is 0.503 e. The van der Waals surface area contributed by atoms with Gasteiger partial charge in [-0.05, 0) is 49.8 Å². The summed E-state index contributed by atoms with van der Waals surface area (Å²) in [7, 11) is 0. The highest BCUT2D eigenvalue weighted by Crippen LogP contribution is 2.53. The number of hydrogen-bond acceptors (Lipinski definition) is 5. The predicted molar refractivity (Wildman–Crippen MR) is 87.0 cm³/mol. The molecule has 0 aromatic carbocycles. The van der Waals surface area contributed by atoms with Gasteiger partial charge in [-0.15, -0.1) is 0 Å². The van der Waals surface area contributed by atoms with Crippen molar-refractivity contribution in [3.05, 3.63) is 46.2 Å². The first kappa shape index (κ1) is 14.7. The minimum Gasteiger partial charge on any atom is -0.503 e. The molecule has 0 unspecified atom stereocenters. The Bertz CT molecular complexity index is 775. The summed E-state index contributed by atoms with van der Waals surface area (Å²) < 4.78 is 0. The van der Waals surface area contributed by atoms with Crippen molar-refractivity contribution in [1.82, 2.24) is 4.98 Å². The van der Waals surface area contributed by atoms with Crippen molar-refractivity contribution in [1.29, 1.82) is 0 Å². The Morgan fingerprint density at radius 1 is 1.09 bits per heavy atom. The molecule has 1 aromatic rings. The van der Waals surface area contributed by atoms with E-state index in [0.717, 1.165) is 29.4 Å². The lowest BCUT2D eigenvalue weighted by atomic mass is 9.74. The van der Waals surface area contributed by atoms with Crippen LogP contribution in [0.5, 0.6) is 0 Å². The van der Waals surface area contributed by atoms with Crippen LogP contribution in [0.2, 0.25) is 0 Å². The van der Waals surface area contributed by atoms with Crippen molar-refractivity contribution in [2.24, 2.45) is 23.7 Å². The standard InChI is InChI=1S/C18H17NO3S/c1-8-5-9(2)19-12(6-8)23-18-16(21)14-11-4-3-10(7-11)13(14)15(20)17(18)22/h3-6,10-11,13-14,22H,7H2,1-2H3/t10-,11-,13+,14-/m0/s1. The van der Waals surface area contributed by atoms with E-state index in [9.17, 15) is 14.7 Å². The topological polar surface area (TPSA) is 67.3 Å². The van der Waals surface area contributed by atoms with Gasteiger partial charge in [0, 0.05) is 17.5 Å². The van der Waals surface area contributed by atoms with Crippen LogP contribution in [-0.4, -0.2) is 21.7 Å². The summed E-state index contributed by atoms with van der Waals surface area (Å²) in [6.07, 6.45) is 4.92. The van der Waals surface area contributed by atoms with E-state index in [4.69, 9.17) is 0 Å². The summed E-state index contributed by atoms with van der Waals surface area (Å²) in [6, 6.07) is 3.81. The maximum atomic E-state index is 12.9. The van der Waals surface area contributed by atoms with Crippen LogP contribution in [0.15, 0.2) is 40.0 Å². The Morgan fingerprint density at radius 2 is 1.74 bits per heavy atom. The lowest BCUT2D eigenvalue weighted by Crippen LogP contribution is -2.39. The third-order valence-electron chi connectivity index (χ3n) is 5.02. The highest BCUT2D eigenvalue weighted by atomic mass is 32.2. The predicted octanol–water partition coefficient (Wildman–Crippen LogP) is 3.15. The molecule has 5 heteroatoms. The number of aromatic nitrogens is 1. The van der Waals surface area contributed by atoms with Gasteiger partial charge in [-0.1, -0.05) is 23.9 Å². The van der Waals surface area contributed by atoms with E-state index in [2.05, 4.69) is 11.1 Å². The van der Waals surface area contributed by atoms with Gasteiger partial charge in [-0.25, -0.2) is 4.98 Å². The van der Waals surface area contributed by atoms with Crippen molar-refractivity contribution in [2.75, 3.05) is 0 Å². The van der Waals surface area contributed by atoms with Crippen molar-refractivity contribution < 1.29 is 14.7 Å². The number of aliphatic hydroxyl groups excluding tert-OH is 1. The van der Waals surface area contributed by atoms with Crippen molar-refractivity contribution in [2.45, 2.75) is 25.3 Å². The molecule has 4 rings (SSSR count). The Balaban J connectivity index is 1.72. The van der Waals surface area contributed by atoms with Crippen molar-refractivity contribution >= 4 is 23.3 Å². The third-order valence-corrected chi connectivity index (χ3v) is 6.03. The molecule has 3 aliphatic rings. The molecule has 0 saturated heterocycles. The molecule has 0 radical (unpaired) electrons. The molecule has 1 N–H and O–H groups in total. The lowest BCUT2D eigenvalue weighted by molar-refractivity contribution is -0.132. The molecule has 4 nitrogen and oxygen atoms in total. The Hall–Kier alpha value is -1.88. The van der Waals surface area contributed by atoms with Crippen LogP contribution < -0.4 is 0 Å². The van der Waals surface area contributed by atoms with Gasteiger partial charge in [-0.2, -0.15) is 0 Å². The molecule has 0 aliphatic heterocycles. The zero-order valence-corrected chi connectivity index (χ0v) is 13.8. The fraction of sp³-hybridized carbons (Fsp3) is 0.389. The molecule has 1 aromatic heterocycles. The summed E-state index contributed by atoms with van der Waals surface area (Å²) in [4.78, 5) is 30.0. The Labute approximate surface area is 138 Å². The number of carbonyl (C=O) groups excluding carboxylic acids is 2. The number of rotatable bonds is 2. The molecule has 3 aliphatic carbocycles. The number of hydrogen-bond donors (Lipinski definition) is 1. The first-order valence-electron chi connectivity index (χ1n) is 7.79. The van der Waals surface area contributed by atoms with Crippen LogP contribution >= 0.6 is 11.8 Å². The zero-order valence-electron chi connectivity index (χ0n) is 12.9. The number of thioether (sulfide) groups is 1.